The molecule has 0 saturated heterocycles. The molecule has 0 saturated carbocycles. The Morgan fingerprint density at radius 3 is 2.70 bits per heavy atom. The first-order valence-corrected chi connectivity index (χ1v) is 8.37. The molecule has 0 aromatic heterocycles. The van der Waals surface area contributed by atoms with Crippen LogP contribution in [0.4, 0.5) is 0 Å². The fraction of sp³-hybridized carbons (Fsp3) is 0.250. The van der Waals surface area contributed by atoms with E-state index in [1.165, 1.54) is 0 Å². The van der Waals surface area contributed by atoms with Crippen LogP contribution in [0.3, 0.4) is 0 Å². The highest BCUT2D eigenvalue weighted by Crippen LogP contribution is 2.52. The van der Waals surface area contributed by atoms with Crippen LogP contribution < -0.4 is 9.83 Å². The maximum atomic E-state index is 12.3. The van der Waals surface area contributed by atoms with E-state index in [4.69, 9.17) is 4.52 Å². The van der Waals surface area contributed by atoms with E-state index < -0.39 is 7.60 Å². The second kappa shape index (κ2) is 4.76. The molecule has 2 aromatic rings. The molecule has 1 aliphatic heterocycles. The minimum absolute atomic E-state index is 0.379. The van der Waals surface area contributed by atoms with Crippen molar-refractivity contribution in [2.24, 2.45) is 0 Å². The van der Waals surface area contributed by atoms with Crippen molar-refractivity contribution in [3.8, 4) is 16.9 Å². The smallest absolute Gasteiger partial charge is 0.408 e. The zero-order chi connectivity index (χ0) is 14.3. The standard InChI is InChI=1S/C16H17O3P/c1-3-11(2)12-8-9-13-14-6-4-5-7-16(14)20(17,18)19-15(13)10-12/h4-11H,3H2,1-2H3,(H,17,18). The molecule has 0 spiro atoms. The summed E-state index contributed by atoms with van der Waals surface area (Å²) < 4.78 is 17.7. The summed E-state index contributed by atoms with van der Waals surface area (Å²) in [6.45, 7) is 4.26. The number of rotatable bonds is 2. The van der Waals surface area contributed by atoms with Crippen LogP contribution in [0.15, 0.2) is 42.5 Å². The van der Waals surface area contributed by atoms with Gasteiger partial charge in [-0.2, -0.15) is 0 Å². The maximum Gasteiger partial charge on any atom is 0.408 e. The van der Waals surface area contributed by atoms with Crippen molar-refractivity contribution < 1.29 is 14.0 Å². The Hall–Kier alpha value is -1.57. The van der Waals surface area contributed by atoms with Gasteiger partial charge in [0.25, 0.3) is 0 Å². The first-order valence-electron chi connectivity index (χ1n) is 6.79. The number of benzene rings is 2. The molecular weight excluding hydrogens is 271 g/mol. The van der Waals surface area contributed by atoms with Gasteiger partial charge in [0.05, 0.1) is 5.30 Å². The Morgan fingerprint density at radius 1 is 1.20 bits per heavy atom. The highest BCUT2D eigenvalue weighted by atomic mass is 31.2. The maximum absolute atomic E-state index is 12.3. The fourth-order valence-electron chi connectivity index (χ4n) is 2.51. The topological polar surface area (TPSA) is 46.5 Å². The molecule has 1 N–H and O–H groups in total. The number of hydrogen-bond acceptors (Lipinski definition) is 2. The lowest BCUT2D eigenvalue weighted by Crippen LogP contribution is -2.17. The van der Waals surface area contributed by atoms with Crippen LogP contribution >= 0.6 is 7.60 Å². The fourth-order valence-corrected chi connectivity index (χ4v) is 3.80. The molecule has 2 atom stereocenters. The molecule has 2 unspecified atom stereocenters. The monoisotopic (exact) mass is 288 g/mol. The molecule has 2 aromatic carbocycles. The average molecular weight is 288 g/mol. The summed E-state index contributed by atoms with van der Waals surface area (Å²) in [5, 5.41) is 0.379. The molecule has 0 amide bonds. The molecule has 3 nitrogen and oxygen atoms in total. The molecular formula is C16H17O3P. The van der Waals surface area contributed by atoms with Gasteiger partial charge in [0.15, 0.2) is 0 Å². The van der Waals surface area contributed by atoms with Crippen LogP contribution in [0.5, 0.6) is 5.75 Å². The Balaban J connectivity index is 2.19. The van der Waals surface area contributed by atoms with Crippen LogP contribution in [0.1, 0.15) is 31.7 Å². The Bertz CT molecular complexity index is 709. The Morgan fingerprint density at radius 2 is 1.95 bits per heavy atom. The van der Waals surface area contributed by atoms with Gasteiger partial charge in [0.1, 0.15) is 5.75 Å². The summed E-state index contributed by atoms with van der Waals surface area (Å²) in [6, 6.07) is 13.1. The lowest BCUT2D eigenvalue weighted by Gasteiger charge is -2.25. The summed E-state index contributed by atoms with van der Waals surface area (Å²) in [4.78, 5) is 10.1. The van der Waals surface area contributed by atoms with E-state index in [0.717, 1.165) is 23.1 Å². The highest BCUT2D eigenvalue weighted by Gasteiger charge is 2.34. The van der Waals surface area contributed by atoms with Gasteiger partial charge in [-0.05, 0) is 30.0 Å². The van der Waals surface area contributed by atoms with Gasteiger partial charge in [-0.25, -0.2) is 4.57 Å². The molecule has 0 fully saturated rings. The average Bonchev–Trinajstić information content (AvgIpc) is 2.45. The van der Waals surface area contributed by atoms with Crippen LogP contribution in [-0.4, -0.2) is 4.89 Å². The third kappa shape index (κ3) is 2.07. The second-order valence-corrected chi connectivity index (χ2v) is 6.90. The molecule has 0 bridgehead atoms. The van der Waals surface area contributed by atoms with E-state index in [1.54, 1.807) is 12.1 Å². The molecule has 0 aliphatic carbocycles. The highest BCUT2D eigenvalue weighted by molar-refractivity contribution is 7.62. The summed E-state index contributed by atoms with van der Waals surface area (Å²) in [5.41, 5.74) is 2.80. The van der Waals surface area contributed by atoms with E-state index in [-0.39, 0.29) is 0 Å². The van der Waals surface area contributed by atoms with Gasteiger partial charge in [0, 0.05) is 11.1 Å². The first kappa shape index (κ1) is 13.4. The zero-order valence-corrected chi connectivity index (χ0v) is 12.4. The Kier molecular flexibility index (Phi) is 3.19. The van der Waals surface area contributed by atoms with Crippen molar-refractivity contribution in [1.82, 2.24) is 0 Å². The van der Waals surface area contributed by atoms with Gasteiger partial charge in [-0.1, -0.05) is 44.2 Å². The third-order valence-corrected chi connectivity index (χ3v) is 5.35. The van der Waals surface area contributed by atoms with Crippen molar-refractivity contribution in [3.63, 3.8) is 0 Å². The summed E-state index contributed by atoms with van der Waals surface area (Å²) in [6.07, 6.45) is 1.02. The molecule has 4 heteroatoms. The molecule has 0 radical (unpaired) electrons. The minimum atomic E-state index is -3.77. The van der Waals surface area contributed by atoms with Crippen molar-refractivity contribution in [3.05, 3.63) is 48.0 Å². The van der Waals surface area contributed by atoms with Crippen molar-refractivity contribution in [2.45, 2.75) is 26.2 Å². The molecule has 104 valence electrons. The largest absolute Gasteiger partial charge is 0.421 e. The van der Waals surface area contributed by atoms with Crippen molar-refractivity contribution >= 4 is 12.9 Å². The SMILES string of the molecule is CCC(C)c1ccc2c(c1)OP(=O)(O)c1ccccc1-2. The van der Waals surface area contributed by atoms with Crippen LogP contribution in [-0.2, 0) is 4.57 Å². The number of hydrogen-bond donors (Lipinski definition) is 1. The first-order chi connectivity index (χ1) is 9.53. The van der Waals surface area contributed by atoms with E-state index in [9.17, 15) is 9.46 Å². The van der Waals surface area contributed by atoms with Crippen LogP contribution in [0.25, 0.3) is 11.1 Å². The summed E-state index contributed by atoms with van der Waals surface area (Å²) in [7, 11) is -3.77. The van der Waals surface area contributed by atoms with Gasteiger partial charge in [-0.3, -0.25) is 0 Å². The van der Waals surface area contributed by atoms with Crippen LogP contribution in [0.2, 0.25) is 0 Å². The minimum Gasteiger partial charge on any atom is -0.421 e. The molecule has 20 heavy (non-hydrogen) atoms. The molecule has 1 aliphatic rings. The van der Waals surface area contributed by atoms with E-state index in [1.807, 2.05) is 24.3 Å². The third-order valence-electron chi connectivity index (χ3n) is 3.91. The number of fused-ring (bicyclic) bond motifs is 3. The van der Waals surface area contributed by atoms with E-state index >= 15 is 0 Å². The van der Waals surface area contributed by atoms with Gasteiger partial charge < -0.3 is 9.42 Å². The van der Waals surface area contributed by atoms with Gasteiger partial charge >= 0.3 is 7.60 Å². The summed E-state index contributed by atoms with van der Waals surface area (Å²) in [5.74, 6) is 0.909. The molecule has 3 rings (SSSR count). The lowest BCUT2D eigenvalue weighted by molar-refractivity contribution is 0.392. The second-order valence-electron chi connectivity index (χ2n) is 5.19. The normalized spacial score (nSPS) is 21.6. The predicted molar refractivity (Wildman–Crippen MR) is 80.7 cm³/mol. The van der Waals surface area contributed by atoms with E-state index in [2.05, 4.69) is 19.9 Å². The van der Waals surface area contributed by atoms with Crippen molar-refractivity contribution in [2.75, 3.05) is 0 Å². The zero-order valence-electron chi connectivity index (χ0n) is 11.5. The van der Waals surface area contributed by atoms with Gasteiger partial charge in [0.2, 0.25) is 0 Å². The summed E-state index contributed by atoms with van der Waals surface area (Å²) >= 11 is 0. The quantitative estimate of drug-likeness (QED) is 0.847. The molecule has 1 heterocycles. The van der Waals surface area contributed by atoms with Crippen LogP contribution in [0, 0.1) is 0 Å². The lowest BCUT2D eigenvalue weighted by atomic mass is 9.95. The predicted octanol–water partition coefficient (Wildman–Crippen LogP) is 4.07. The van der Waals surface area contributed by atoms with Gasteiger partial charge in [-0.15, -0.1) is 0 Å². The van der Waals surface area contributed by atoms with Crippen molar-refractivity contribution in [1.29, 1.82) is 0 Å². The Labute approximate surface area is 118 Å². The van der Waals surface area contributed by atoms with E-state index in [0.29, 0.717) is 17.0 Å².